The van der Waals surface area contributed by atoms with Gasteiger partial charge in [-0.1, -0.05) is 0 Å². The van der Waals surface area contributed by atoms with Crippen molar-refractivity contribution in [2.45, 2.75) is 78.0 Å². The van der Waals surface area contributed by atoms with E-state index in [-0.39, 0.29) is 0 Å². The van der Waals surface area contributed by atoms with E-state index in [1.165, 1.54) is 32.1 Å². The van der Waals surface area contributed by atoms with Crippen molar-refractivity contribution in [2.75, 3.05) is 0 Å². The van der Waals surface area contributed by atoms with Crippen LogP contribution in [0.15, 0.2) is 0 Å². The summed E-state index contributed by atoms with van der Waals surface area (Å²) < 4.78 is 3.70. The van der Waals surface area contributed by atoms with Gasteiger partial charge in [-0.2, -0.15) is 0 Å². The Kier molecular flexibility index (Phi) is 6.58. The molecule has 0 aromatic carbocycles. The van der Waals surface area contributed by atoms with Gasteiger partial charge in [0.2, 0.25) is 0 Å². The van der Waals surface area contributed by atoms with Gasteiger partial charge in [0.05, 0.1) is 0 Å². The molecule has 0 radical (unpaired) electrons. The van der Waals surface area contributed by atoms with E-state index in [0.717, 1.165) is 7.87 Å². The van der Waals surface area contributed by atoms with Crippen molar-refractivity contribution in [3.05, 3.63) is 0 Å². The Bertz CT molecular complexity index is 175. The van der Waals surface area contributed by atoms with E-state index in [1.807, 2.05) is 0 Å². The summed E-state index contributed by atoms with van der Waals surface area (Å²) >= 11 is 2.38. The Balaban J connectivity index is 2.61. The normalized spacial score (nSPS) is 23.0. The molecule has 2 heteroatoms. The molecule has 1 atom stereocenters. The zero-order valence-corrected chi connectivity index (χ0v) is 15.1. The summed E-state index contributed by atoms with van der Waals surface area (Å²) in [5.41, 5.74) is 0. The molecule has 0 nitrogen and oxygen atoms in total. The molecule has 1 rings (SSSR count). The Morgan fingerprint density at radius 1 is 1.20 bits per heavy atom. The molecule has 1 fully saturated rings. The number of halogens is 1. The van der Waals surface area contributed by atoms with Crippen molar-refractivity contribution in [1.29, 1.82) is 0 Å². The third-order valence-electron chi connectivity index (χ3n) is 4.16. The van der Waals surface area contributed by atoms with Crippen LogP contribution in [0.1, 0.15) is 65.7 Å². The summed E-state index contributed by atoms with van der Waals surface area (Å²) in [5.74, 6) is 0. The predicted octanol–water partition coefficient (Wildman–Crippen LogP) is 5.87. The van der Waals surface area contributed by atoms with Gasteiger partial charge in [-0.3, -0.25) is 0 Å². The Morgan fingerprint density at radius 2 is 1.80 bits per heavy atom. The van der Waals surface area contributed by atoms with E-state index < -0.39 is 16.2 Å². The van der Waals surface area contributed by atoms with Gasteiger partial charge in [-0.25, -0.2) is 0 Å². The van der Waals surface area contributed by atoms with Crippen LogP contribution in [0.5, 0.6) is 0 Å². The van der Waals surface area contributed by atoms with E-state index in [0.29, 0.717) is 0 Å². The van der Waals surface area contributed by atoms with Gasteiger partial charge in [0.25, 0.3) is 0 Å². The van der Waals surface area contributed by atoms with Crippen LogP contribution in [0.4, 0.5) is 0 Å². The number of hydrogen-bond acceptors (Lipinski definition) is 0. The third-order valence-corrected chi connectivity index (χ3v) is 31.5. The Hall–Kier alpha value is 1.28. The van der Waals surface area contributed by atoms with Crippen LogP contribution in [-0.2, 0) is 0 Å². The fourth-order valence-electron chi connectivity index (χ4n) is 2.99. The molecular formula is C13H27BrSn. The first-order valence-electron chi connectivity index (χ1n) is 6.80. The van der Waals surface area contributed by atoms with E-state index in [9.17, 15) is 0 Å². The molecule has 0 aromatic rings. The molecule has 1 aliphatic rings. The molecule has 1 saturated carbocycles. The van der Waals surface area contributed by atoms with Crippen molar-refractivity contribution in [2.24, 2.45) is 0 Å². The van der Waals surface area contributed by atoms with Crippen molar-refractivity contribution in [3.63, 3.8) is 0 Å². The molecule has 90 valence electrons. The van der Waals surface area contributed by atoms with Crippen LogP contribution in [0.3, 0.4) is 0 Å². The molecule has 0 aromatic heterocycles. The zero-order valence-electron chi connectivity index (χ0n) is 10.7. The molecule has 0 heterocycles. The second kappa shape index (κ2) is 6.88. The van der Waals surface area contributed by atoms with Crippen molar-refractivity contribution in [3.8, 4) is 0 Å². The summed E-state index contributed by atoms with van der Waals surface area (Å²) in [6.07, 6.45) is 10.4. The van der Waals surface area contributed by atoms with Crippen molar-refractivity contribution >= 4 is 28.9 Å². The Labute approximate surface area is 106 Å². The van der Waals surface area contributed by atoms with Gasteiger partial charge in [-0.15, -0.1) is 0 Å². The average molecular weight is 382 g/mol. The first-order valence-corrected chi connectivity index (χ1v) is 18.5. The summed E-state index contributed by atoms with van der Waals surface area (Å²) in [5, 5.41) is 0. The third kappa shape index (κ3) is 3.90. The fraction of sp³-hybridized carbons (Fsp3) is 1.00. The molecule has 0 N–H and O–H groups in total. The molecule has 15 heavy (non-hydrogen) atoms. The zero-order chi connectivity index (χ0) is 11.3. The van der Waals surface area contributed by atoms with Gasteiger partial charge in [-0.05, 0) is 0 Å². The summed E-state index contributed by atoms with van der Waals surface area (Å²) in [4.78, 5) is 0. The summed E-state index contributed by atoms with van der Waals surface area (Å²) in [7, 11) is 0. The summed E-state index contributed by atoms with van der Waals surface area (Å²) in [6.45, 7) is 7.30. The molecule has 1 aliphatic carbocycles. The van der Waals surface area contributed by atoms with Gasteiger partial charge in [0.1, 0.15) is 0 Å². The molecule has 0 amide bonds. The molecule has 0 spiro atoms. The fourth-order valence-corrected chi connectivity index (χ4v) is 19.9. The standard InChI is InChI=1S/C6H11.C4H9.C3H7.BrH.Sn/c1-2-4-6-5-3-1;1-3-4-2;1-3-2;;/h1H,2-6H2;1,3-4H2,2H3;3H,1-2H3;1H;/q;;;;+1/p-1. The van der Waals surface area contributed by atoms with E-state index in [4.69, 9.17) is 0 Å². The average Bonchev–Trinajstić information content (AvgIpc) is 2.27. The van der Waals surface area contributed by atoms with Gasteiger partial charge in [0.15, 0.2) is 0 Å². The van der Waals surface area contributed by atoms with E-state index in [1.54, 1.807) is 17.3 Å². The monoisotopic (exact) mass is 382 g/mol. The minimum absolute atomic E-state index is 0.981. The topological polar surface area (TPSA) is 0 Å². The quantitative estimate of drug-likeness (QED) is 0.522. The number of hydrogen-bond donors (Lipinski definition) is 0. The van der Waals surface area contributed by atoms with Crippen LogP contribution in [0, 0.1) is 0 Å². The number of unbranched alkanes of at least 4 members (excludes halogenated alkanes) is 1. The molecule has 1 unspecified atom stereocenters. The van der Waals surface area contributed by atoms with Crippen LogP contribution in [0.25, 0.3) is 0 Å². The van der Waals surface area contributed by atoms with E-state index in [2.05, 4.69) is 33.5 Å². The second-order valence-electron chi connectivity index (χ2n) is 5.52. The molecule has 0 aliphatic heterocycles. The first kappa shape index (κ1) is 14.3. The van der Waals surface area contributed by atoms with Crippen LogP contribution >= 0.6 is 12.7 Å². The van der Waals surface area contributed by atoms with Crippen LogP contribution in [-0.4, -0.2) is 16.2 Å². The van der Waals surface area contributed by atoms with Crippen LogP contribution < -0.4 is 0 Å². The van der Waals surface area contributed by atoms with Crippen LogP contribution in [0.2, 0.25) is 12.3 Å². The van der Waals surface area contributed by atoms with Gasteiger partial charge < -0.3 is 0 Å². The van der Waals surface area contributed by atoms with Gasteiger partial charge >= 0.3 is 107 Å². The molecule has 0 bridgehead atoms. The van der Waals surface area contributed by atoms with Crippen molar-refractivity contribution in [1.82, 2.24) is 0 Å². The second-order valence-corrected chi connectivity index (χ2v) is 27.8. The molecule has 0 saturated heterocycles. The predicted molar refractivity (Wildman–Crippen MR) is 76.3 cm³/mol. The number of rotatable bonds is 5. The SMILES string of the molecule is CCC[CH2][Sn]([Br])([CH](C)C)[CH]1CCCCC1. The maximum absolute atomic E-state index is 4.32. The summed E-state index contributed by atoms with van der Waals surface area (Å²) in [6, 6.07) is 0. The Morgan fingerprint density at radius 3 is 2.27 bits per heavy atom. The minimum atomic E-state index is -1.94. The molecular weight excluding hydrogens is 355 g/mol. The van der Waals surface area contributed by atoms with E-state index >= 15 is 0 Å². The van der Waals surface area contributed by atoms with Gasteiger partial charge in [0, 0.05) is 0 Å². The van der Waals surface area contributed by atoms with Crippen molar-refractivity contribution < 1.29 is 0 Å². The maximum atomic E-state index is 4.32. The first-order chi connectivity index (χ1) is 7.11.